The number of hydrogen-bond acceptors (Lipinski definition) is 5. The Balaban J connectivity index is 1.37. The molecule has 3 fully saturated rings. The predicted molar refractivity (Wildman–Crippen MR) is 123 cm³/mol. The van der Waals surface area contributed by atoms with Gasteiger partial charge in [0, 0.05) is 43.7 Å². The first-order valence-corrected chi connectivity index (χ1v) is 12.3. The number of benzene rings is 1. The van der Waals surface area contributed by atoms with Crippen LogP contribution < -0.4 is 4.74 Å². The summed E-state index contributed by atoms with van der Waals surface area (Å²) in [5.41, 5.74) is 2.36. The number of ether oxygens (including phenoxy) is 1. The van der Waals surface area contributed by atoms with Gasteiger partial charge >= 0.3 is 6.36 Å². The van der Waals surface area contributed by atoms with Gasteiger partial charge in [-0.05, 0) is 58.1 Å². The molecule has 1 aliphatic carbocycles. The number of hydrogen-bond donors (Lipinski definition) is 1. The largest absolute Gasteiger partial charge is 0.573 e. The summed E-state index contributed by atoms with van der Waals surface area (Å²) < 4.78 is 43.9. The number of nitrogens with zero attached hydrogens (tertiary/aromatic N) is 4. The molecule has 35 heavy (non-hydrogen) atoms. The van der Waals surface area contributed by atoms with Crippen LogP contribution in [0, 0.1) is 6.92 Å². The van der Waals surface area contributed by atoms with Crippen molar-refractivity contribution in [2.24, 2.45) is 0 Å². The minimum atomic E-state index is -4.78. The molecule has 0 radical (unpaired) electrons. The van der Waals surface area contributed by atoms with Gasteiger partial charge in [0.2, 0.25) is 0 Å². The van der Waals surface area contributed by atoms with Crippen LogP contribution in [-0.4, -0.2) is 74.8 Å². The number of amides is 1. The maximum Gasteiger partial charge on any atom is 0.573 e. The quantitative estimate of drug-likeness (QED) is 0.683. The van der Waals surface area contributed by atoms with E-state index in [0.717, 1.165) is 44.3 Å². The molecule has 2 saturated heterocycles. The number of aliphatic hydroxyl groups excluding tert-OH is 1. The van der Waals surface area contributed by atoms with E-state index < -0.39 is 6.36 Å². The third-order valence-corrected chi connectivity index (χ3v) is 7.55. The number of piperidine rings is 1. The molecule has 1 amide bonds. The molecule has 1 saturated carbocycles. The molecule has 7 nitrogen and oxygen atoms in total. The molecule has 1 aromatic heterocycles. The van der Waals surface area contributed by atoms with Crippen LogP contribution in [0.3, 0.4) is 0 Å². The Morgan fingerprint density at radius 1 is 1.11 bits per heavy atom. The number of likely N-dealkylation sites (tertiary alicyclic amines) is 2. The Kier molecular flexibility index (Phi) is 6.29. The van der Waals surface area contributed by atoms with Gasteiger partial charge in [0.25, 0.3) is 5.91 Å². The van der Waals surface area contributed by atoms with Crippen LogP contribution in [0.25, 0.3) is 5.69 Å². The summed E-state index contributed by atoms with van der Waals surface area (Å²) in [6.07, 6.45) is -0.737. The number of halogens is 3. The Morgan fingerprint density at radius 2 is 1.83 bits per heavy atom. The molecular formula is C25H31F3N4O3. The third kappa shape index (κ3) is 4.91. The third-order valence-electron chi connectivity index (χ3n) is 7.55. The van der Waals surface area contributed by atoms with E-state index in [-0.39, 0.29) is 29.7 Å². The zero-order chi connectivity index (χ0) is 24.9. The lowest BCUT2D eigenvalue weighted by Gasteiger charge is -2.39. The van der Waals surface area contributed by atoms with Crippen LogP contribution in [0.15, 0.2) is 24.3 Å². The number of aryl methyl sites for hydroxylation is 1. The molecule has 0 spiro atoms. The van der Waals surface area contributed by atoms with Crippen LogP contribution >= 0.6 is 0 Å². The summed E-state index contributed by atoms with van der Waals surface area (Å²) in [5.74, 6) is -0.223. The number of rotatable bonds is 5. The van der Waals surface area contributed by atoms with Gasteiger partial charge < -0.3 is 14.7 Å². The Morgan fingerprint density at radius 3 is 2.43 bits per heavy atom. The minimum Gasteiger partial charge on any atom is -0.406 e. The van der Waals surface area contributed by atoms with E-state index in [4.69, 9.17) is 0 Å². The van der Waals surface area contributed by atoms with Gasteiger partial charge in [-0.2, -0.15) is 5.10 Å². The van der Waals surface area contributed by atoms with Crippen molar-refractivity contribution >= 4 is 5.91 Å². The van der Waals surface area contributed by atoms with Gasteiger partial charge in [-0.15, -0.1) is 13.2 Å². The lowest BCUT2D eigenvalue weighted by molar-refractivity contribution is -0.274. The number of aromatic nitrogens is 2. The molecular weight excluding hydrogens is 461 g/mol. The van der Waals surface area contributed by atoms with Crippen LogP contribution in [0.1, 0.15) is 66.7 Å². The highest BCUT2D eigenvalue weighted by Gasteiger charge is 2.39. The zero-order valence-corrected chi connectivity index (χ0v) is 20.0. The number of alkyl halides is 3. The SMILES string of the molecule is Cc1nn(-c2cccc(OC(F)(F)F)c2)c(C2CC2)c1C(=O)N1CCC(N2CC[C@@H](O)[C@@H]2C)CC1. The lowest BCUT2D eigenvalue weighted by atomic mass is 10.0. The van der Waals surface area contributed by atoms with Gasteiger partial charge in [0.15, 0.2) is 0 Å². The molecule has 3 heterocycles. The van der Waals surface area contributed by atoms with Crippen molar-refractivity contribution in [1.29, 1.82) is 0 Å². The van der Waals surface area contributed by atoms with E-state index >= 15 is 0 Å². The number of aliphatic hydroxyl groups is 1. The fraction of sp³-hybridized carbons (Fsp3) is 0.600. The first kappa shape index (κ1) is 24.1. The average Bonchev–Trinajstić information content (AvgIpc) is 3.52. The number of carbonyl (C=O) groups excluding carboxylic acids is 1. The Labute approximate surface area is 202 Å². The molecule has 10 heteroatoms. The van der Waals surface area contributed by atoms with Crippen LogP contribution in [0.2, 0.25) is 0 Å². The molecule has 3 aliphatic rings. The van der Waals surface area contributed by atoms with Crippen molar-refractivity contribution in [2.45, 2.75) is 76.4 Å². The minimum absolute atomic E-state index is 0.0636. The topological polar surface area (TPSA) is 70.8 Å². The molecule has 0 bridgehead atoms. The number of carbonyl (C=O) groups is 1. The van der Waals surface area contributed by atoms with Crippen molar-refractivity contribution in [3.8, 4) is 11.4 Å². The van der Waals surface area contributed by atoms with E-state index in [1.165, 1.54) is 18.2 Å². The highest BCUT2D eigenvalue weighted by Crippen LogP contribution is 2.44. The van der Waals surface area contributed by atoms with Gasteiger partial charge in [0.05, 0.1) is 28.7 Å². The normalized spacial score (nSPS) is 24.2. The second kappa shape index (κ2) is 9.13. The molecule has 2 aromatic rings. The average molecular weight is 493 g/mol. The van der Waals surface area contributed by atoms with Crippen molar-refractivity contribution in [3.05, 3.63) is 41.2 Å². The summed E-state index contributed by atoms with van der Waals surface area (Å²) in [7, 11) is 0. The van der Waals surface area contributed by atoms with Crippen molar-refractivity contribution in [2.75, 3.05) is 19.6 Å². The van der Waals surface area contributed by atoms with E-state index in [0.29, 0.717) is 36.1 Å². The second-order valence-electron chi connectivity index (χ2n) is 9.93. The summed E-state index contributed by atoms with van der Waals surface area (Å²) in [6.45, 7) is 5.99. The molecule has 2 atom stereocenters. The van der Waals surface area contributed by atoms with E-state index in [1.54, 1.807) is 17.7 Å². The van der Waals surface area contributed by atoms with E-state index in [2.05, 4.69) is 21.7 Å². The predicted octanol–water partition coefficient (Wildman–Crippen LogP) is 4.02. The summed E-state index contributed by atoms with van der Waals surface area (Å²) in [4.78, 5) is 17.9. The van der Waals surface area contributed by atoms with Crippen LogP contribution in [0.5, 0.6) is 5.75 Å². The molecule has 0 unspecified atom stereocenters. The van der Waals surface area contributed by atoms with Crippen LogP contribution in [-0.2, 0) is 0 Å². The molecule has 2 aliphatic heterocycles. The van der Waals surface area contributed by atoms with Crippen molar-refractivity contribution in [1.82, 2.24) is 19.6 Å². The summed E-state index contributed by atoms with van der Waals surface area (Å²) in [5, 5.41) is 14.7. The lowest BCUT2D eigenvalue weighted by Crippen LogP contribution is -2.48. The molecule has 1 N–H and O–H groups in total. The highest BCUT2D eigenvalue weighted by atomic mass is 19.4. The fourth-order valence-electron chi connectivity index (χ4n) is 5.57. The standard InChI is InChI=1S/C25H31F3N4O3/c1-15-22(24(34)30-11-8-18(9-12-30)31-13-10-21(33)16(31)2)23(17-6-7-17)32(29-15)19-4-3-5-20(14-19)35-25(26,27)28/h3-5,14,16-18,21,33H,6-13H2,1-2H3/t16-,21+/m0/s1. The van der Waals surface area contributed by atoms with Crippen LogP contribution in [0.4, 0.5) is 13.2 Å². The van der Waals surface area contributed by atoms with Gasteiger partial charge in [0.1, 0.15) is 5.75 Å². The van der Waals surface area contributed by atoms with Crippen molar-refractivity contribution < 1.29 is 27.8 Å². The maximum absolute atomic E-state index is 13.7. The molecule has 1 aromatic carbocycles. The summed E-state index contributed by atoms with van der Waals surface area (Å²) in [6, 6.07) is 6.22. The molecule has 5 rings (SSSR count). The molecule has 190 valence electrons. The van der Waals surface area contributed by atoms with E-state index in [9.17, 15) is 23.1 Å². The summed E-state index contributed by atoms with van der Waals surface area (Å²) >= 11 is 0. The first-order valence-electron chi connectivity index (χ1n) is 12.3. The fourth-order valence-corrected chi connectivity index (χ4v) is 5.57. The zero-order valence-electron chi connectivity index (χ0n) is 20.0. The smallest absolute Gasteiger partial charge is 0.406 e. The monoisotopic (exact) mass is 492 g/mol. The highest BCUT2D eigenvalue weighted by molar-refractivity contribution is 5.97. The Hall–Kier alpha value is -2.59. The van der Waals surface area contributed by atoms with Gasteiger partial charge in [-0.1, -0.05) is 6.07 Å². The van der Waals surface area contributed by atoms with Gasteiger partial charge in [-0.25, -0.2) is 4.68 Å². The first-order chi connectivity index (χ1) is 16.6. The van der Waals surface area contributed by atoms with Gasteiger partial charge in [-0.3, -0.25) is 9.69 Å². The van der Waals surface area contributed by atoms with E-state index in [1.807, 2.05) is 4.90 Å². The second-order valence-corrected chi connectivity index (χ2v) is 9.93. The Bertz CT molecular complexity index is 1090. The maximum atomic E-state index is 13.7. The van der Waals surface area contributed by atoms with Crippen molar-refractivity contribution in [3.63, 3.8) is 0 Å².